The Balaban J connectivity index is 1.90. The van der Waals surface area contributed by atoms with E-state index in [1.165, 1.54) is 0 Å². The number of hydrogen-bond donors (Lipinski definition) is 1. The molecule has 3 nitrogen and oxygen atoms in total. The smallest absolute Gasteiger partial charge is 0.310 e. The molecular formula is C15H13Cl2NO2. The van der Waals surface area contributed by atoms with E-state index in [0.717, 1.165) is 11.1 Å². The van der Waals surface area contributed by atoms with Gasteiger partial charge in [0.05, 0.1) is 6.42 Å². The van der Waals surface area contributed by atoms with Crippen LogP contribution in [-0.4, -0.2) is 5.97 Å². The van der Waals surface area contributed by atoms with E-state index in [9.17, 15) is 4.79 Å². The minimum Gasteiger partial charge on any atom is -0.461 e. The van der Waals surface area contributed by atoms with Gasteiger partial charge in [-0.1, -0.05) is 41.4 Å². The van der Waals surface area contributed by atoms with Crippen LogP contribution in [0.1, 0.15) is 11.1 Å². The molecule has 0 radical (unpaired) electrons. The number of carbonyl (C=O) groups excluding carboxylic acids is 1. The van der Waals surface area contributed by atoms with Crippen LogP contribution in [-0.2, 0) is 22.6 Å². The summed E-state index contributed by atoms with van der Waals surface area (Å²) in [5, 5.41) is 1.03. The van der Waals surface area contributed by atoms with Crippen LogP contribution >= 0.6 is 23.2 Å². The Morgan fingerprint density at radius 2 is 1.80 bits per heavy atom. The molecule has 0 spiro atoms. The van der Waals surface area contributed by atoms with Crippen LogP contribution in [0, 0.1) is 0 Å². The van der Waals surface area contributed by atoms with E-state index in [0.29, 0.717) is 15.7 Å². The number of nitrogen functional groups attached to an aromatic ring is 1. The van der Waals surface area contributed by atoms with Gasteiger partial charge in [0.1, 0.15) is 6.61 Å². The highest BCUT2D eigenvalue weighted by molar-refractivity contribution is 6.35. The molecule has 2 rings (SSSR count). The summed E-state index contributed by atoms with van der Waals surface area (Å²) in [5.74, 6) is -0.319. The number of benzene rings is 2. The van der Waals surface area contributed by atoms with Gasteiger partial charge in [0, 0.05) is 21.3 Å². The molecule has 0 bridgehead atoms. The Kier molecular flexibility index (Phi) is 4.88. The maximum Gasteiger partial charge on any atom is 0.310 e. The van der Waals surface area contributed by atoms with Gasteiger partial charge < -0.3 is 10.5 Å². The number of carbonyl (C=O) groups is 1. The molecule has 0 fully saturated rings. The SMILES string of the molecule is Nc1ccc(CC(=O)OCc2ccc(Cl)cc2Cl)cc1. The summed E-state index contributed by atoms with van der Waals surface area (Å²) in [6.07, 6.45) is 0.200. The minimum absolute atomic E-state index is 0.129. The van der Waals surface area contributed by atoms with Crippen LogP contribution < -0.4 is 5.73 Å². The molecule has 0 aromatic heterocycles. The molecule has 2 N–H and O–H groups in total. The average Bonchev–Trinajstić information content (AvgIpc) is 2.40. The van der Waals surface area contributed by atoms with E-state index in [4.69, 9.17) is 33.7 Å². The molecule has 0 heterocycles. The maximum atomic E-state index is 11.7. The Hall–Kier alpha value is -1.71. The number of rotatable bonds is 4. The summed E-state index contributed by atoms with van der Waals surface area (Å²) >= 11 is 11.8. The van der Waals surface area contributed by atoms with Gasteiger partial charge in [0.15, 0.2) is 0 Å². The lowest BCUT2D eigenvalue weighted by Gasteiger charge is -2.07. The predicted octanol–water partition coefficient (Wildman–Crippen LogP) is 3.86. The number of anilines is 1. The third-order valence-electron chi connectivity index (χ3n) is 2.73. The third-order valence-corrected chi connectivity index (χ3v) is 3.32. The normalized spacial score (nSPS) is 10.3. The molecule has 0 aliphatic heterocycles. The molecule has 0 amide bonds. The Bertz CT molecular complexity index is 612. The van der Waals surface area contributed by atoms with Crippen LogP contribution in [0.3, 0.4) is 0 Å². The van der Waals surface area contributed by atoms with Crippen LogP contribution in [0.15, 0.2) is 42.5 Å². The van der Waals surface area contributed by atoms with E-state index in [2.05, 4.69) is 0 Å². The second-order valence-corrected chi connectivity index (χ2v) is 5.16. The standard InChI is InChI=1S/C15H13Cl2NO2/c16-12-4-3-11(14(17)8-12)9-20-15(19)7-10-1-5-13(18)6-2-10/h1-6,8H,7,9,18H2. The van der Waals surface area contributed by atoms with E-state index in [1.54, 1.807) is 42.5 Å². The highest BCUT2D eigenvalue weighted by atomic mass is 35.5. The second-order valence-electron chi connectivity index (χ2n) is 4.31. The van der Waals surface area contributed by atoms with Crippen molar-refractivity contribution in [2.24, 2.45) is 0 Å². The lowest BCUT2D eigenvalue weighted by atomic mass is 10.1. The van der Waals surface area contributed by atoms with Crippen molar-refractivity contribution in [2.45, 2.75) is 13.0 Å². The zero-order valence-corrected chi connectivity index (χ0v) is 12.1. The van der Waals surface area contributed by atoms with Crippen LogP contribution in [0.2, 0.25) is 10.0 Å². The number of ether oxygens (including phenoxy) is 1. The molecule has 0 unspecified atom stereocenters. The quantitative estimate of drug-likeness (QED) is 0.689. The van der Waals surface area contributed by atoms with Gasteiger partial charge in [0.2, 0.25) is 0 Å². The predicted molar refractivity (Wildman–Crippen MR) is 80.8 cm³/mol. The van der Waals surface area contributed by atoms with Crippen molar-refractivity contribution in [2.75, 3.05) is 5.73 Å². The lowest BCUT2D eigenvalue weighted by Crippen LogP contribution is -2.08. The fourth-order valence-electron chi connectivity index (χ4n) is 1.65. The Labute approximate surface area is 127 Å². The molecule has 0 aliphatic carbocycles. The third kappa shape index (κ3) is 4.15. The van der Waals surface area contributed by atoms with Crippen molar-refractivity contribution in [3.63, 3.8) is 0 Å². The van der Waals surface area contributed by atoms with E-state index < -0.39 is 0 Å². The number of hydrogen-bond acceptors (Lipinski definition) is 3. The zero-order valence-electron chi connectivity index (χ0n) is 10.6. The summed E-state index contributed by atoms with van der Waals surface area (Å²) in [4.78, 5) is 11.7. The van der Waals surface area contributed by atoms with Crippen molar-refractivity contribution in [1.82, 2.24) is 0 Å². The molecule has 104 valence electrons. The molecule has 0 aliphatic rings. The van der Waals surface area contributed by atoms with Gasteiger partial charge in [-0.3, -0.25) is 4.79 Å². The first-order chi connectivity index (χ1) is 9.54. The number of esters is 1. The first-order valence-electron chi connectivity index (χ1n) is 5.98. The van der Waals surface area contributed by atoms with Crippen molar-refractivity contribution in [3.05, 3.63) is 63.6 Å². The average molecular weight is 310 g/mol. The second kappa shape index (κ2) is 6.64. The van der Waals surface area contributed by atoms with Gasteiger partial charge in [0.25, 0.3) is 0 Å². The lowest BCUT2D eigenvalue weighted by molar-refractivity contribution is -0.144. The fraction of sp³-hybridized carbons (Fsp3) is 0.133. The fourth-order valence-corrected chi connectivity index (χ4v) is 2.11. The first kappa shape index (κ1) is 14.7. The van der Waals surface area contributed by atoms with E-state index in [-0.39, 0.29) is 19.0 Å². The van der Waals surface area contributed by atoms with Gasteiger partial charge in [-0.05, 0) is 29.8 Å². The van der Waals surface area contributed by atoms with Gasteiger partial charge in [-0.15, -0.1) is 0 Å². The summed E-state index contributed by atoms with van der Waals surface area (Å²) in [7, 11) is 0. The molecule has 20 heavy (non-hydrogen) atoms. The van der Waals surface area contributed by atoms with Gasteiger partial charge in [-0.2, -0.15) is 0 Å². The van der Waals surface area contributed by atoms with E-state index >= 15 is 0 Å². The largest absolute Gasteiger partial charge is 0.461 e. The van der Waals surface area contributed by atoms with Gasteiger partial charge >= 0.3 is 5.97 Å². The highest BCUT2D eigenvalue weighted by Gasteiger charge is 2.07. The summed E-state index contributed by atoms with van der Waals surface area (Å²) in [6, 6.07) is 12.2. The van der Waals surface area contributed by atoms with Crippen LogP contribution in [0.25, 0.3) is 0 Å². The number of nitrogens with two attached hydrogens (primary N) is 1. The van der Waals surface area contributed by atoms with Crippen molar-refractivity contribution in [3.8, 4) is 0 Å². The molecule has 0 atom stereocenters. The molecule has 0 saturated heterocycles. The van der Waals surface area contributed by atoms with Crippen LogP contribution in [0.4, 0.5) is 5.69 Å². The van der Waals surface area contributed by atoms with Gasteiger partial charge in [-0.25, -0.2) is 0 Å². The van der Waals surface area contributed by atoms with E-state index in [1.807, 2.05) is 0 Å². The Morgan fingerprint density at radius 1 is 1.10 bits per heavy atom. The van der Waals surface area contributed by atoms with Crippen LogP contribution in [0.5, 0.6) is 0 Å². The van der Waals surface area contributed by atoms with Crippen molar-refractivity contribution in [1.29, 1.82) is 0 Å². The number of halogens is 2. The summed E-state index contributed by atoms with van der Waals surface area (Å²) in [5.41, 5.74) is 7.82. The Morgan fingerprint density at radius 3 is 2.45 bits per heavy atom. The molecule has 5 heteroatoms. The topological polar surface area (TPSA) is 52.3 Å². The van der Waals surface area contributed by atoms with Crippen molar-refractivity contribution >= 4 is 34.9 Å². The summed E-state index contributed by atoms with van der Waals surface area (Å²) in [6.45, 7) is 0.129. The zero-order chi connectivity index (χ0) is 14.5. The first-order valence-corrected chi connectivity index (χ1v) is 6.74. The highest BCUT2D eigenvalue weighted by Crippen LogP contribution is 2.21. The minimum atomic E-state index is -0.319. The molecule has 2 aromatic carbocycles. The molecular weight excluding hydrogens is 297 g/mol. The van der Waals surface area contributed by atoms with Crippen molar-refractivity contribution < 1.29 is 9.53 Å². The monoisotopic (exact) mass is 309 g/mol. The molecule has 0 saturated carbocycles. The molecule has 2 aromatic rings. The maximum absolute atomic E-state index is 11.7. The summed E-state index contributed by atoms with van der Waals surface area (Å²) < 4.78 is 5.19.